The Hall–Kier alpha value is -3.27. The van der Waals surface area contributed by atoms with Crippen LogP contribution in [-0.2, 0) is 6.42 Å². The van der Waals surface area contributed by atoms with Crippen molar-refractivity contribution in [1.29, 1.82) is 0 Å². The van der Waals surface area contributed by atoms with E-state index >= 15 is 0 Å². The number of carbonyl (C=O) groups is 1. The van der Waals surface area contributed by atoms with Crippen LogP contribution in [-0.4, -0.2) is 22.6 Å². The van der Waals surface area contributed by atoms with Crippen LogP contribution in [0.15, 0.2) is 76.0 Å². The Labute approximate surface area is 256 Å². The first kappa shape index (κ1) is 36.8. The Morgan fingerprint density at radius 2 is 1.07 bits per heavy atom. The predicted molar refractivity (Wildman–Crippen MR) is 180 cm³/mol. The van der Waals surface area contributed by atoms with Crippen molar-refractivity contribution in [3.05, 3.63) is 87.1 Å². The van der Waals surface area contributed by atoms with Crippen molar-refractivity contribution in [3.8, 4) is 17.2 Å². The van der Waals surface area contributed by atoms with Crippen molar-refractivity contribution < 1.29 is 19.7 Å². The molecule has 0 heterocycles. The molecule has 1 aromatic rings. The molecule has 0 radical (unpaired) electrons. The zero-order valence-corrected chi connectivity index (χ0v) is 27.8. The normalized spacial score (nSPS) is 12.8. The van der Waals surface area contributed by atoms with Gasteiger partial charge < -0.3 is 14.9 Å². The van der Waals surface area contributed by atoms with Crippen molar-refractivity contribution in [2.45, 2.75) is 120 Å². The largest absolute Gasteiger partial charge is 0.507 e. The smallest absolute Gasteiger partial charge is 0.167 e. The van der Waals surface area contributed by atoms with E-state index in [1.54, 1.807) is 0 Å². The van der Waals surface area contributed by atoms with E-state index in [4.69, 9.17) is 4.74 Å². The second-order valence-electron chi connectivity index (χ2n) is 12.1. The molecule has 0 atom stereocenters. The minimum absolute atomic E-state index is 0.0685. The topological polar surface area (TPSA) is 66.8 Å². The maximum Gasteiger partial charge on any atom is 0.167 e. The summed E-state index contributed by atoms with van der Waals surface area (Å²) in [5.74, 6) is -0.366. The first-order valence-corrected chi connectivity index (χ1v) is 15.4. The molecule has 0 unspecified atom stereocenters. The molecule has 0 spiro atoms. The highest BCUT2D eigenvalue weighted by Crippen LogP contribution is 2.39. The molecule has 0 fully saturated rings. The zero-order chi connectivity index (χ0) is 31.7. The van der Waals surface area contributed by atoms with Gasteiger partial charge in [0.05, 0.1) is 0 Å². The number of hydrogen-bond donors (Lipinski definition) is 2. The molecule has 0 bridgehead atoms. The fourth-order valence-electron chi connectivity index (χ4n) is 4.56. The van der Waals surface area contributed by atoms with Crippen molar-refractivity contribution in [2.24, 2.45) is 0 Å². The summed E-state index contributed by atoms with van der Waals surface area (Å²) in [5, 5.41) is 21.7. The standard InChI is InChI=1S/C38H56O4/c1-27(2)14-10-16-29(5)18-12-20-31(7)22-23-34-35(40)26-36(37(33(9)39)38(34)41)42-25-24-32(8)21-13-19-30(6)17-11-15-28(3)4/h14-15,18-19,22,24,26,40-41H,10-13,16-17,20-21,23,25H2,1-9H3/b29-18+,30-19+,31-22+,32-24+. The summed E-state index contributed by atoms with van der Waals surface area (Å²) >= 11 is 0. The van der Waals surface area contributed by atoms with Crippen LogP contribution in [0, 0.1) is 0 Å². The third-order valence-corrected chi connectivity index (χ3v) is 7.27. The van der Waals surface area contributed by atoms with E-state index < -0.39 is 0 Å². The van der Waals surface area contributed by atoms with Crippen LogP contribution in [0.1, 0.15) is 130 Å². The molecule has 0 aliphatic carbocycles. The van der Waals surface area contributed by atoms with Gasteiger partial charge in [-0.2, -0.15) is 0 Å². The lowest BCUT2D eigenvalue weighted by Crippen LogP contribution is -2.04. The molecule has 42 heavy (non-hydrogen) atoms. The number of hydrogen-bond acceptors (Lipinski definition) is 4. The van der Waals surface area contributed by atoms with Crippen molar-refractivity contribution in [3.63, 3.8) is 0 Å². The Balaban J connectivity index is 2.79. The highest BCUT2D eigenvalue weighted by atomic mass is 16.5. The van der Waals surface area contributed by atoms with Crippen LogP contribution in [0.4, 0.5) is 0 Å². The molecule has 0 aromatic heterocycles. The third-order valence-electron chi connectivity index (χ3n) is 7.27. The molecule has 0 aliphatic rings. The number of phenolic OH excluding ortho intramolecular Hbond substituents is 2. The lowest BCUT2D eigenvalue weighted by Gasteiger charge is -2.15. The van der Waals surface area contributed by atoms with Gasteiger partial charge in [-0.15, -0.1) is 0 Å². The Morgan fingerprint density at radius 3 is 1.52 bits per heavy atom. The number of aromatic hydroxyl groups is 2. The molecule has 0 saturated heterocycles. The molecular formula is C38H56O4. The maximum absolute atomic E-state index is 12.4. The molecule has 4 nitrogen and oxygen atoms in total. The number of rotatable bonds is 18. The Bertz CT molecular complexity index is 1210. The third kappa shape index (κ3) is 15.1. The second-order valence-corrected chi connectivity index (χ2v) is 12.1. The number of ketones is 1. The number of allylic oxidation sites excluding steroid dienone is 11. The van der Waals surface area contributed by atoms with Crippen LogP contribution in [0.3, 0.4) is 0 Å². The molecule has 0 aliphatic heterocycles. The summed E-state index contributed by atoms with van der Waals surface area (Å²) in [6.45, 7) is 18.6. The van der Waals surface area contributed by atoms with Gasteiger partial charge in [-0.3, -0.25) is 4.79 Å². The molecule has 1 rings (SSSR count). The summed E-state index contributed by atoms with van der Waals surface area (Å²) in [6, 6.07) is 1.45. The molecule has 232 valence electrons. The highest BCUT2D eigenvalue weighted by molar-refractivity contribution is 6.00. The van der Waals surface area contributed by atoms with Gasteiger partial charge in [-0.05, 0) is 126 Å². The van der Waals surface area contributed by atoms with Gasteiger partial charge in [0.15, 0.2) is 5.78 Å². The minimum atomic E-state index is -0.299. The fraction of sp³-hybridized carbons (Fsp3) is 0.500. The lowest BCUT2D eigenvalue weighted by atomic mass is 9.99. The van der Waals surface area contributed by atoms with Gasteiger partial charge in [0.2, 0.25) is 0 Å². The first-order valence-electron chi connectivity index (χ1n) is 15.4. The quantitative estimate of drug-likeness (QED) is 0.135. The fourth-order valence-corrected chi connectivity index (χ4v) is 4.56. The average molecular weight is 577 g/mol. The predicted octanol–water partition coefficient (Wildman–Crippen LogP) is 11.1. The second kappa shape index (κ2) is 19.8. The number of phenols is 2. The highest BCUT2D eigenvalue weighted by Gasteiger charge is 2.21. The molecule has 4 heteroatoms. The van der Waals surface area contributed by atoms with E-state index in [1.165, 1.54) is 46.4 Å². The molecule has 0 amide bonds. The molecule has 1 aromatic carbocycles. The minimum Gasteiger partial charge on any atom is -0.507 e. The number of carbonyl (C=O) groups excluding carboxylic acids is 1. The Kier molecular flexibility index (Phi) is 17.3. The Morgan fingerprint density at radius 1 is 0.643 bits per heavy atom. The SMILES string of the molecule is CC(=O)c1c(OC/C=C(\C)CC/C=C(\C)CCC=C(C)C)cc(O)c(C/C=C(\C)CC/C=C(\C)CCC=C(C)C)c1O. The van der Waals surface area contributed by atoms with Crippen LogP contribution >= 0.6 is 0 Å². The van der Waals surface area contributed by atoms with E-state index in [1.807, 2.05) is 12.2 Å². The van der Waals surface area contributed by atoms with Crippen molar-refractivity contribution in [1.82, 2.24) is 0 Å². The molecule has 0 saturated carbocycles. The number of Topliss-reactive ketones (excluding diaryl/α,β-unsaturated/α-hetero) is 1. The van der Waals surface area contributed by atoms with E-state index in [9.17, 15) is 15.0 Å². The van der Waals surface area contributed by atoms with Crippen molar-refractivity contribution >= 4 is 5.78 Å². The van der Waals surface area contributed by atoms with E-state index in [-0.39, 0.29) is 35.2 Å². The van der Waals surface area contributed by atoms with Gasteiger partial charge in [0, 0.05) is 11.6 Å². The van der Waals surface area contributed by atoms with Gasteiger partial charge >= 0.3 is 0 Å². The monoisotopic (exact) mass is 576 g/mol. The summed E-state index contributed by atoms with van der Waals surface area (Å²) in [5.41, 5.74) is 8.32. The van der Waals surface area contributed by atoms with Gasteiger partial charge in [0.25, 0.3) is 0 Å². The van der Waals surface area contributed by atoms with E-state index in [0.29, 0.717) is 12.0 Å². The van der Waals surface area contributed by atoms with E-state index in [2.05, 4.69) is 79.7 Å². The van der Waals surface area contributed by atoms with Gasteiger partial charge in [-0.25, -0.2) is 0 Å². The lowest BCUT2D eigenvalue weighted by molar-refractivity contribution is 0.101. The summed E-state index contributed by atoms with van der Waals surface area (Å²) in [7, 11) is 0. The summed E-state index contributed by atoms with van der Waals surface area (Å²) < 4.78 is 5.87. The zero-order valence-electron chi connectivity index (χ0n) is 27.8. The molecular weight excluding hydrogens is 520 g/mol. The number of ether oxygens (including phenoxy) is 1. The van der Waals surface area contributed by atoms with Gasteiger partial charge in [0.1, 0.15) is 29.4 Å². The first-order chi connectivity index (χ1) is 19.8. The van der Waals surface area contributed by atoms with Crippen LogP contribution in [0.25, 0.3) is 0 Å². The summed E-state index contributed by atoms with van der Waals surface area (Å²) in [4.78, 5) is 12.4. The maximum atomic E-state index is 12.4. The van der Waals surface area contributed by atoms with Crippen LogP contribution < -0.4 is 4.74 Å². The average Bonchev–Trinajstić information content (AvgIpc) is 2.87. The van der Waals surface area contributed by atoms with Gasteiger partial charge in [-0.1, -0.05) is 63.8 Å². The van der Waals surface area contributed by atoms with E-state index in [0.717, 1.165) is 51.4 Å². The van der Waals surface area contributed by atoms with Crippen molar-refractivity contribution in [2.75, 3.05) is 6.61 Å². The number of benzene rings is 1. The summed E-state index contributed by atoms with van der Waals surface area (Å²) in [6.07, 6.45) is 21.5. The van der Waals surface area contributed by atoms with Crippen LogP contribution in [0.5, 0.6) is 17.2 Å². The molecule has 2 N–H and O–H groups in total. The van der Waals surface area contributed by atoms with Crippen LogP contribution in [0.2, 0.25) is 0 Å².